The first-order valence-electron chi connectivity index (χ1n) is 9.52. The maximum absolute atomic E-state index is 12.1. The van der Waals surface area contributed by atoms with E-state index < -0.39 is 0 Å². The van der Waals surface area contributed by atoms with Gasteiger partial charge >= 0.3 is 6.03 Å². The third-order valence-corrected chi connectivity index (χ3v) is 5.10. The van der Waals surface area contributed by atoms with Crippen molar-refractivity contribution in [3.63, 3.8) is 0 Å². The molecule has 0 saturated heterocycles. The summed E-state index contributed by atoms with van der Waals surface area (Å²) < 4.78 is 0. The molecule has 0 bridgehead atoms. The number of anilines is 1. The molecule has 0 aliphatic carbocycles. The zero-order valence-electron chi connectivity index (χ0n) is 16.5. The van der Waals surface area contributed by atoms with Crippen molar-refractivity contribution in [2.24, 2.45) is 0 Å². The number of amides is 2. The van der Waals surface area contributed by atoms with Crippen LogP contribution in [0.3, 0.4) is 0 Å². The van der Waals surface area contributed by atoms with Gasteiger partial charge in [0.15, 0.2) is 5.13 Å². The Morgan fingerprint density at radius 3 is 2.69 bits per heavy atom. The first kappa shape index (κ1) is 20.5. The van der Waals surface area contributed by atoms with Gasteiger partial charge < -0.3 is 5.32 Å². The molecule has 0 aromatic carbocycles. The van der Waals surface area contributed by atoms with Gasteiger partial charge in [0.2, 0.25) is 0 Å². The van der Waals surface area contributed by atoms with Gasteiger partial charge in [0.05, 0.1) is 5.69 Å². The van der Waals surface area contributed by atoms with Crippen LogP contribution in [0.4, 0.5) is 9.93 Å². The summed E-state index contributed by atoms with van der Waals surface area (Å²) in [5, 5.41) is 6.14. The van der Waals surface area contributed by atoms with Gasteiger partial charge in [0, 0.05) is 42.8 Å². The zero-order valence-corrected chi connectivity index (χ0v) is 17.3. The number of hydrogen-bond donors (Lipinski definition) is 2. The minimum absolute atomic E-state index is 0.282. The Balaban J connectivity index is 1.49. The Labute approximate surface area is 174 Å². The number of aryl methyl sites for hydroxylation is 2. The maximum Gasteiger partial charge on any atom is 0.321 e. The van der Waals surface area contributed by atoms with Gasteiger partial charge in [-0.1, -0.05) is 36.7 Å². The summed E-state index contributed by atoms with van der Waals surface area (Å²) in [5.41, 5.74) is 3.88. The van der Waals surface area contributed by atoms with Crippen LogP contribution in [0, 0.1) is 18.8 Å². The van der Waals surface area contributed by atoms with E-state index in [-0.39, 0.29) is 6.03 Å². The summed E-state index contributed by atoms with van der Waals surface area (Å²) in [6.45, 7) is 4.53. The molecule has 3 aromatic heterocycles. The minimum Gasteiger partial charge on any atom is -0.337 e. The Hall–Kier alpha value is -3.24. The Kier molecular flexibility index (Phi) is 7.31. The van der Waals surface area contributed by atoms with Gasteiger partial charge in [-0.15, -0.1) is 0 Å². The zero-order chi connectivity index (χ0) is 20.5. The van der Waals surface area contributed by atoms with E-state index in [2.05, 4.69) is 50.4 Å². The number of thiazole rings is 1. The van der Waals surface area contributed by atoms with E-state index >= 15 is 0 Å². The van der Waals surface area contributed by atoms with Crippen LogP contribution in [0.5, 0.6) is 0 Å². The number of carbonyl (C=O) groups excluding carboxylic acids is 1. The number of nitrogens with one attached hydrogen (secondary N) is 2. The molecule has 3 aromatic rings. The molecule has 2 amide bonds. The smallest absolute Gasteiger partial charge is 0.321 e. The number of pyridine rings is 2. The van der Waals surface area contributed by atoms with Gasteiger partial charge in [-0.25, -0.2) is 9.78 Å². The first-order chi connectivity index (χ1) is 14.1. The van der Waals surface area contributed by atoms with Crippen LogP contribution < -0.4 is 10.6 Å². The minimum atomic E-state index is -0.282. The third kappa shape index (κ3) is 6.40. The second-order valence-corrected chi connectivity index (χ2v) is 7.46. The summed E-state index contributed by atoms with van der Waals surface area (Å²) in [6.07, 6.45) is 8.14. The number of aromatic nitrogens is 3. The van der Waals surface area contributed by atoms with Crippen molar-refractivity contribution in [1.82, 2.24) is 20.3 Å². The Bertz CT molecular complexity index is 1000. The van der Waals surface area contributed by atoms with Crippen molar-refractivity contribution in [2.45, 2.75) is 33.1 Å². The molecule has 3 rings (SSSR count). The van der Waals surface area contributed by atoms with Crippen LogP contribution in [-0.2, 0) is 12.8 Å². The first-order valence-corrected chi connectivity index (χ1v) is 10.3. The Morgan fingerprint density at radius 1 is 1.14 bits per heavy atom. The molecular formula is C22H23N5OS. The van der Waals surface area contributed by atoms with Gasteiger partial charge in [0.1, 0.15) is 4.88 Å². The van der Waals surface area contributed by atoms with E-state index in [1.54, 1.807) is 12.4 Å². The van der Waals surface area contributed by atoms with Crippen LogP contribution >= 0.6 is 11.3 Å². The lowest BCUT2D eigenvalue weighted by Crippen LogP contribution is -2.30. The van der Waals surface area contributed by atoms with Crippen LogP contribution in [0.25, 0.3) is 0 Å². The average Bonchev–Trinajstić information content (AvgIpc) is 3.07. The monoisotopic (exact) mass is 405 g/mol. The molecule has 0 aliphatic heterocycles. The van der Waals surface area contributed by atoms with E-state index in [1.807, 2.05) is 31.3 Å². The van der Waals surface area contributed by atoms with Gasteiger partial charge in [-0.2, -0.15) is 0 Å². The highest BCUT2D eigenvalue weighted by Gasteiger charge is 2.09. The molecule has 7 heteroatoms. The maximum atomic E-state index is 12.1. The van der Waals surface area contributed by atoms with Crippen molar-refractivity contribution in [3.8, 4) is 11.8 Å². The molecule has 0 aliphatic rings. The molecule has 0 atom stereocenters. The second-order valence-electron chi connectivity index (χ2n) is 6.46. The third-order valence-electron chi connectivity index (χ3n) is 4.11. The fourth-order valence-corrected chi connectivity index (χ4v) is 3.43. The highest BCUT2D eigenvalue weighted by Crippen LogP contribution is 2.21. The molecule has 2 N–H and O–H groups in total. The van der Waals surface area contributed by atoms with Gasteiger partial charge in [0.25, 0.3) is 0 Å². The quantitative estimate of drug-likeness (QED) is 0.609. The molecule has 0 unspecified atom stereocenters. The average molecular weight is 406 g/mol. The SMILES string of the molecule is CCCc1ccc(CCNC(=O)Nc2nc(C)c(C#Cc3ccncc3)s2)nc1. The number of rotatable bonds is 6. The molecule has 0 saturated carbocycles. The Morgan fingerprint density at radius 2 is 1.97 bits per heavy atom. The van der Waals surface area contributed by atoms with Crippen molar-refractivity contribution >= 4 is 22.5 Å². The fraction of sp³-hybridized carbons (Fsp3) is 0.273. The number of carbonyl (C=O) groups is 1. The van der Waals surface area contributed by atoms with Crippen molar-refractivity contribution in [2.75, 3.05) is 11.9 Å². The lowest BCUT2D eigenvalue weighted by Gasteiger charge is -2.05. The molecule has 0 spiro atoms. The van der Waals surface area contributed by atoms with E-state index in [0.29, 0.717) is 18.1 Å². The molecular weight excluding hydrogens is 382 g/mol. The van der Waals surface area contributed by atoms with Crippen molar-refractivity contribution in [1.29, 1.82) is 0 Å². The predicted molar refractivity (Wildman–Crippen MR) is 116 cm³/mol. The summed E-state index contributed by atoms with van der Waals surface area (Å²) in [7, 11) is 0. The summed E-state index contributed by atoms with van der Waals surface area (Å²) in [5.74, 6) is 6.18. The predicted octanol–water partition coefficient (Wildman–Crippen LogP) is 3.96. The summed E-state index contributed by atoms with van der Waals surface area (Å²) >= 11 is 1.36. The molecule has 0 fully saturated rings. The number of nitrogens with zero attached hydrogens (tertiary/aromatic N) is 3. The van der Waals surface area contributed by atoms with Crippen LogP contribution in [0.15, 0.2) is 42.9 Å². The topological polar surface area (TPSA) is 79.8 Å². The molecule has 148 valence electrons. The normalized spacial score (nSPS) is 10.1. The molecule has 29 heavy (non-hydrogen) atoms. The largest absolute Gasteiger partial charge is 0.337 e. The number of hydrogen-bond acceptors (Lipinski definition) is 5. The molecule has 6 nitrogen and oxygen atoms in total. The second kappa shape index (κ2) is 10.3. The highest BCUT2D eigenvalue weighted by atomic mass is 32.1. The van der Waals surface area contributed by atoms with Crippen molar-refractivity contribution < 1.29 is 4.79 Å². The highest BCUT2D eigenvalue weighted by molar-refractivity contribution is 7.16. The molecule has 0 radical (unpaired) electrons. The van der Waals surface area contributed by atoms with Crippen LogP contribution in [0.2, 0.25) is 0 Å². The van der Waals surface area contributed by atoms with Crippen LogP contribution in [0.1, 0.15) is 40.7 Å². The van der Waals surface area contributed by atoms with E-state index in [1.165, 1.54) is 16.9 Å². The fourth-order valence-electron chi connectivity index (χ4n) is 2.62. The van der Waals surface area contributed by atoms with E-state index in [4.69, 9.17) is 0 Å². The summed E-state index contributed by atoms with van der Waals surface area (Å²) in [6, 6.07) is 7.53. The van der Waals surface area contributed by atoms with Gasteiger partial charge in [-0.3, -0.25) is 15.3 Å². The standard InChI is InChI=1S/C22H23N5OS/c1-3-4-18-5-7-19(25-15-18)11-14-24-21(28)27-22-26-16(2)20(29-22)8-6-17-9-12-23-13-10-17/h5,7,9-10,12-13,15H,3-4,11,14H2,1-2H3,(H2,24,26,27,28). The van der Waals surface area contributed by atoms with E-state index in [9.17, 15) is 4.79 Å². The lowest BCUT2D eigenvalue weighted by atomic mass is 10.1. The van der Waals surface area contributed by atoms with E-state index in [0.717, 1.165) is 34.7 Å². The van der Waals surface area contributed by atoms with Crippen molar-refractivity contribution in [3.05, 3.63) is 70.2 Å². The van der Waals surface area contributed by atoms with Crippen LogP contribution in [-0.4, -0.2) is 27.5 Å². The van der Waals surface area contributed by atoms with Gasteiger partial charge in [-0.05, 0) is 43.0 Å². The summed E-state index contributed by atoms with van der Waals surface area (Å²) in [4.78, 5) is 25.7. The lowest BCUT2D eigenvalue weighted by molar-refractivity contribution is 0.252. The molecule has 3 heterocycles. The number of urea groups is 1.